The van der Waals surface area contributed by atoms with Crippen molar-refractivity contribution in [3.63, 3.8) is 0 Å². The Labute approximate surface area is 101 Å². The molecule has 3 nitrogen and oxygen atoms in total. The van der Waals surface area contributed by atoms with E-state index in [1.807, 2.05) is 0 Å². The highest BCUT2D eigenvalue weighted by molar-refractivity contribution is 5.73. The first-order valence-corrected chi connectivity index (χ1v) is 5.02. The molecule has 0 aliphatic carbocycles. The standard InChI is InChI=1S/C12H11F3O3/c1-2-3-10(11(16)17)18-9-6-4-8(5-7-9)12(13,14)15/h2,4-7,10H,1,3H2,(H,16,17). The summed E-state index contributed by atoms with van der Waals surface area (Å²) in [7, 11) is 0. The summed E-state index contributed by atoms with van der Waals surface area (Å²) in [5.74, 6) is -1.13. The summed E-state index contributed by atoms with van der Waals surface area (Å²) in [6, 6.07) is 3.84. The maximum absolute atomic E-state index is 12.3. The number of halogens is 3. The Balaban J connectivity index is 2.79. The van der Waals surface area contributed by atoms with Gasteiger partial charge in [0.15, 0.2) is 6.10 Å². The van der Waals surface area contributed by atoms with Crippen molar-refractivity contribution in [3.8, 4) is 5.75 Å². The molecule has 1 N–H and O–H groups in total. The predicted octanol–water partition coefficient (Wildman–Crippen LogP) is 3.11. The molecule has 0 saturated carbocycles. The second-order valence-corrected chi connectivity index (χ2v) is 3.49. The first-order valence-electron chi connectivity index (χ1n) is 5.02. The highest BCUT2D eigenvalue weighted by Crippen LogP contribution is 2.30. The van der Waals surface area contributed by atoms with Gasteiger partial charge in [-0.15, -0.1) is 6.58 Å². The monoisotopic (exact) mass is 260 g/mol. The molecule has 18 heavy (non-hydrogen) atoms. The van der Waals surface area contributed by atoms with E-state index in [0.717, 1.165) is 24.3 Å². The van der Waals surface area contributed by atoms with E-state index in [9.17, 15) is 18.0 Å². The molecule has 0 fully saturated rings. The van der Waals surface area contributed by atoms with E-state index in [4.69, 9.17) is 9.84 Å². The van der Waals surface area contributed by atoms with Crippen LogP contribution in [0.1, 0.15) is 12.0 Å². The van der Waals surface area contributed by atoms with Gasteiger partial charge < -0.3 is 9.84 Å². The molecule has 1 rings (SSSR count). The highest BCUT2D eigenvalue weighted by atomic mass is 19.4. The average molecular weight is 260 g/mol. The number of carboxylic acids is 1. The van der Waals surface area contributed by atoms with Gasteiger partial charge in [-0.2, -0.15) is 13.2 Å². The Kier molecular flexibility index (Phi) is 4.36. The SMILES string of the molecule is C=CCC(Oc1ccc(C(F)(F)F)cc1)C(=O)O. The van der Waals surface area contributed by atoms with Crippen molar-refractivity contribution < 1.29 is 27.8 Å². The van der Waals surface area contributed by atoms with Gasteiger partial charge in [-0.05, 0) is 24.3 Å². The quantitative estimate of drug-likeness (QED) is 0.827. The van der Waals surface area contributed by atoms with Crippen LogP contribution in [0, 0.1) is 0 Å². The molecule has 0 heterocycles. The molecule has 6 heteroatoms. The first kappa shape index (κ1) is 14.1. The van der Waals surface area contributed by atoms with Crippen molar-refractivity contribution in [1.29, 1.82) is 0 Å². The normalized spacial score (nSPS) is 12.8. The average Bonchev–Trinajstić information content (AvgIpc) is 2.28. The number of hydrogen-bond donors (Lipinski definition) is 1. The van der Waals surface area contributed by atoms with Gasteiger partial charge in [-0.25, -0.2) is 4.79 Å². The van der Waals surface area contributed by atoms with Crippen LogP contribution in [-0.2, 0) is 11.0 Å². The van der Waals surface area contributed by atoms with Crippen LogP contribution in [0.5, 0.6) is 5.75 Å². The zero-order chi connectivity index (χ0) is 13.8. The number of alkyl halides is 3. The third kappa shape index (κ3) is 3.80. The van der Waals surface area contributed by atoms with Gasteiger partial charge in [0.1, 0.15) is 5.75 Å². The van der Waals surface area contributed by atoms with Crippen LogP contribution >= 0.6 is 0 Å². The Morgan fingerprint density at radius 3 is 2.33 bits per heavy atom. The molecule has 0 bridgehead atoms. The van der Waals surface area contributed by atoms with Crippen LogP contribution in [-0.4, -0.2) is 17.2 Å². The van der Waals surface area contributed by atoms with E-state index in [0.29, 0.717) is 0 Å². The maximum Gasteiger partial charge on any atom is 0.416 e. The van der Waals surface area contributed by atoms with Gasteiger partial charge in [0.2, 0.25) is 0 Å². The number of aliphatic carboxylic acids is 1. The lowest BCUT2D eigenvalue weighted by Gasteiger charge is -2.14. The summed E-state index contributed by atoms with van der Waals surface area (Å²) >= 11 is 0. The zero-order valence-electron chi connectivity index (χ0n) is 9.28. The van der Waals surface area contributed by atoms with Gasteiger partial charge in [-0.1, -0.05) is 6.08 Å². The Hall–Kier alpha value is -1.98. The number of rotatable bonds is 5. The second-order valence-electron chi connectivity index (χ2n) is 3.49. The lowest BCUT2D eigenvalue weighted by molar-refractivity contribution is -0.145. The van der Waals surface area contributed by atoms with Crippen molar-refractivity contribution in [2.75, 3.05) is 0 Å². The molecule has 0 saturated heterocycles. The molecule has 0 radical (unpaired) electrons. The zero-order valence-corrected chi connectivity index (χ0v) is 9.28. The number of benzene rings is 1. The molecule has 0 aromatic heterocycles. The van der Waals surface area contributed by atoms with E-state index in [-0.39, 0.29) is 12.2 Å². The van der Waals surface area contributed by atoms with Crippen molar-refractivity contribution in [3.05, 3.63) is 42.5 Å². The third-order valence-corrected chi connectivity index (χ3v) is 2.12. The number of carbonyl (C=O) groups is 1. The Bertz CT molecular complexity index is 423. The molecule has 98 valence electrons. The largest absolute Gasteiger partial charge is 0.478 e. The summed E-state index contributed by atoms with van der Waals surface area (Å²) in [5, 5.41) is 8.80. The summed E-state index contributed by atoms with van der Waals surface area (Å²) in [6.45, 7) is 3.38. The van der Waals surface area contributed by atoms with Gasteiger partial charge >= 0.3 is 12.1 Å². The molecular weight excluding hydrogens is 249 g/mol. The summed E-state index contributed by atoms with van der Waals surface area (Å²) in [5.41, 5.74) is -0.814. The first-order chi connectivity index (χ1) is 8.34. The minimum atomic E-state index is -4.42. The topological polar surface area (TPSA) is 46.5 Å². The van der Waals surface area contributed by atoms with E-state index in [1.165, 1.54) is 6.08 Å². The minimum Gasteiger partial charge on any atom is -0.478 e. The van der Waals surface area contributed by atoms with E-state index in [2.05, 4.69) is 6.58 Å². The predicted molar refractivity (Wildman–Crippen MR) is 58.3 cm³/mol. The smallest absolute Gasteiger partial charge is 0.416 e. The van der Waals surface area contributed by atoms with Crippen LogP contribution in [0.4, 0.5) is 13.2 Å². The molecule has 0 aliphatic rings. The molecular formula is C12H11F3O3. The van der Waals surface area contributed by atoms with Crippen molar-refractivity contribution in [2.24, 2.45) is 0 Å². The Morgan fingerprint density at radius 1 is 1.39 bits per heavy atom. The van der Waals surface area contributed by atoms with Gasteiger partial charge in [0, 0.05) is 6.42 Å². The third-order valence-electron chi connectivity index (χ3n) is 2.12. The van der Waals surface area contributed by atoms with Gasteiger partial charge in [0.05, 0.1) is 5.56 Å². The fourth-order valence-corrected chi connectivity index (χ4v) is 1.24. The van der Waals surface area contributed by atoms with E-state index in [1.54, 1.807) is 0 Å². The Morgan fingerprint density at radius 2 is 1.94 bits per heavy atom. The van der Waals surface area contributed by atoms with E-state index < -0.39 is 23.8 Å². The number of ether oxygens (including phenoxy) is 1. The van der Waals surface area contributed by atoms with Crippen molar-refractivity contribution >= 4 is 5.97 Å². The summed E-state index contributed by atoms with van der Waals surface area (Å²) in [4.78, 5) is 10.8. The molecule has 1 aromatic carbocycles. The second kappa shape index (κ2) is 5.57. The highest BCUT2D eigenvalue weighted by Gasteiger charge is 2.30. The lowest BCUT2D eigenvalue weighted by atomic mass is 10.2. The number of hydrogen-bond acceptors (Lipinski definition) is 2. The summed E-state index contributed by atoms with van der Waals surface area (Å²) in [6.07, 6.45) is -4.15. The van der Waals surface area contributed by atoms with Gasteiger partial charge in [-0.3, -0.25) is 0 Å². The molecule has 0 spiro atoms. The molecule has 0 amide bonds. The van der Waals surface area contributed by atoms with Crippen LogP contribution in [0.2, 0.25) is 0 Å². The van der Waals surface area contributed by atoms with Crippen LogP contribution in [0.3, 0.4) is 0 Å². The fourth-order valence-electron chi connectivity index (χ4n) is 1.24. The molecule has 1 atom stereocenters. The fraction of sp³-hybridized carbons (Fsp3) is 0.250. The molecule has 1 aromatic rings. The van der Waals surface area contributed by atoms with Crippen LogP contribution < -0.4 is 4.74 Å². The maximum atomic E-state index is 12.3. The van der Waals surface area contributed by atoms with Crippen molar-refractivity contribution in [2.45, 2.75) is 18.7 Å². The van der Waals surface area contributed by atoms with E-state index >= 15 is 0 Å². The van der Waals surface area contributed by atoms with Crippen LogP contribution in [0.15, 0.2) is 36.9 Å². The summed E-state index contributed by atoms with van der Waals surface area (Å²) < 4.78 is 41.9. The molecule has 0 aliphatic heterocycles. The van der Waals surface area contributed by atoms with Crippen LogP contribution in [0.25, 0.3) is 0 Å². The number of carboxylic acid groups (broad SMARTS) is 1. The lowest BCUT2D eigenvalue weighted by Crippen LogP contribution is -2.26. The van der Waals surface area contributed by atoms with Crippen molar-refractivity contribution in [1.82, 2.24) is 0 Å². The van der Waals surface area contributed by atoms with Gasteiger partial charge in [0.25, 0.3) is 0 Å². The minimum absolute atomic E-state index is 0.0658. The molecule has 1 unspecified atom stereocenters.